The number of hydrogen-bond donors (Lipinski definition) is 0. The van der Waals surface area contributed by atoms with Crippen LogP contribution in [0.15, 0.2) is 0 Å². The Morgan fingerprint density at radius 2 is 1.33 bits per heavy atom. The summed E-state index contributed by atoms with van der Waals surface area (Å²) in [5.41, 5.74) is 0. The van der Waals surface area contributed by atoms with Crippen molar-refractivity contribution in [1.82, 2.24) is 0 Å². The summed E-state index contributed by atoms with van der Waals surface area (Å²) in [4.78, 5) is 0. The van der Waals surface area contributed by atoms with E-state index in [0.717, 1.165) is 0 Å². The van der Waals surface area contributed by atoms with Crippen LogP contribution in [0.2, 0.25) is 0 Å². The van der Waals surface area contributed by atoms with Gasteiger partial charge in [-0.15, -0.1) is 0 Å². The molecule has 0 saturated heterocycles. The Bertz CT molecular complexity index is 22.0. The average molecular weight is 443 g/mol. The molecule has 0 heterocycles. The third-order valence-corrected chi connectivity index (χ3v) is 0. The quantitative estimate of drug-likeness (QED) is 0.462. The van der Waals surface area contributed by atoms with Crippen LogP contribution in [0.1, 0.15) is 2.85 Å². The van der Waals surface area contributed by atoms with Gasteiger partial charge in [0.1, 0.15) is 0 Å². The molecular formula is H2BaCuO2SnY. The molecular weight excluding hydrogens is 440 g/mol. The largest absolute Gasteiger partial charge is 0 e. The molecule has 0 rings (SSSR count). The molecule has 0 fully saturated rings. The van der Waals surface area contributed by atoms with Crippen molar-refractivity contribution >= 4 is 71.4 Å². The summed E-state index contributed by atoms with van der Waals surface area (Å²) in [6, 6.07) is 0. The van der Waals surface area contributed by atoms with E-state index in [1.165, 1.54) is 0 Å². The molecule has 2 nitrogen and oxygen atoms in total. The minimum Gasteiger partial charge on any atom is 0 e. The molecule has 34 valence electrons. The molecule has 0 aromatic carbocycles. The molecule has 0 saturated carbocycles. The van der Waals surface area contributed by atoms with Gasteiger partial charge in [0, 0.05) is 32.7 Å². The summed E-state index contributed by atoms with van der Waals surface area (Å²) < 4.78 is 16.2. The van der Waals surface area contributed by atoms with Crippen LogP contribution in [0.25, 0.3) is 0 Å². The predicted octanol–water partition coefficient (Wildman–Crippen LogP) is -0.779. The van der Waals surface area contributed by atoms with Crippen molar-refractivity contribution in [1.29, 1.82) is 0 Å². The minimum absolute atomic E-state index is 0. The summed E-state index contributed by atoms with van der Waals surface area (Å²) in [5.74, 6) is 0. The SMILES string of the molecule is [Ba+2].[H-].[H-].[O]=[Cu].[O]=[Sn].[Y]. The van der Waals surface area contributed by atoms with E-state index in [4.69, 9.17) is 6.91 Å². The maximum absolute atomic E-state index is 8.34. The molecule has 0 aromatic rings. The Morgan fingerprint density at radius 1 is 1.33 bits per heavy atom. The monoisotopic (exact) mass is 444 g/mol. The smallest absolute Gasteiger partial charge is 0 e. The second-order valence-corrected chi connectivity index (χ2v) is 0. The zero-order valence-electron chi connectivity index (χ0n) is 4.90. The molecule has 0 aliphatic heterocycles. The van der Waals surface area contributed by atoms with Crippen molar-refractivity contribution in [2.45, 2.75) is 0 Å². The van der Waals surface area contributed by atoms with Crippen molar-refractivity contribution in [3.05, 3.63) is 0 Å². The van der Waals surface area contributed by atoms with Crippen molar-refractivity contribution in [3.8, 4) is 0 Å². The fraction of sp³-hybridized carbons (Fsp3) is 0. The van der Waals surface area contributed by atoms with Crippen LogP contribution in [-0.2, 0) is 55.6 Å². The van der Waals surface area contributed by atoms with Crippen molar-refractivity contribution in [2.75, 3.05) is 0 Å². The Morgan fingerprint density at radius 3 is 1.33 bits per heavy atom. The van der Waals surface area contributed by atoms with E-state index in [1.54, 1.807) is 0 Å². The maximum atomic E-state index is 8.34. The summed E-state index contributed by atoms with van der Waals surface area (Å²) in [7, 11) is 0. The molecule has 0 aliphatic rings. The van der Waals surface area contributed by atoms with E-state index in [-0.39, 0.29) is 84.4 Å². The Labute approximate surface area is 126 Å². The van der Waals surface area contributed by atoms with Crippen LogP contribution in [-0.4, -0.2) is 71.4 Å². The predicted molar refractivity (Wildman–Crippen MR) is 15.1 cm³/mol. The molecule has 0 spiro atoms. The first-order chi connectivity index (χ1) is 2.00. The van der Waals surface area contributed by atoms with E-state index in [1.807, 2.05) is 0 Å². The first-order valence-electron chi connectivity index (χ1n) is 0.327. The molecule has 6 heavy (non-hydrogen) atoms. The van der Waals surface area contributed by atoms with Gasteiger partial charge in [-0.1, -0.05) is 0 Å². The molecule has 0 aromatic heterocycles. The van der Waals surface area contributed by atoms with Gasteiger partial charge in [0.05, 0.1) is 0 Å². The Kier molecular flexibility index (Phi) is 145. The van der Waals surface area contributed by atoms with Crippen LogP contribution in [0.4, 0.5) is 0 Å². The third kappa shape index (κ3) is 25.6. The molecule has 0 unspecified atom stereocenters. The van der Waals surface area contributed by atoms with Gasteiger partial charge in [-0.3, -0.25) is 0 Å². The van der Waals surface area contributed by atoms with E-state index in [9.17, 15) is 0 Å². The third-order valence-electron chi connectivity index (χ3n) is 0. The summed E-state index contributed by atoms with van der Waals surface area (Å²) in [5, 5.41) is 0. The molecule has 0 aliphatic carbocycles. The van der Waals surface area contributed by atoms with Gasteiger partial charge in [0.2, 0.25) is 0 Å². The second kappa shape index (κ2) is 38.4. The van der Waals surface area contributed by atoms with E-state index >= 15 is 0 Å². The van der Waals surface area contributed by atoms with Gasteiger partial charge < -0.3 is 2.85 Å². The zero-order chi connectivity index (χ0) is 4.00. The molecule has 3 radical (unpaired) electrons. The molecule has 0 amide bonds. The molecule has 0 N–H and O–H groups in total. The van der Waals surface area contributed by atoms with Gasteiger partial charge in [-0.2, -0.15) is 0 Å². The number of hydrogen-bond acceptors (Lipinski definition) is 2. The van der Waals surface area contributed by atoms with E-state index < -0.39 is 0 Å². The molecule has 6 heteroatoms. The Balaban J connectivity index is -0.00000000167. The van der Waals surface area contributed by atoms with Crippen molar-refractivity contribution < 1.29 is 58.4 Å². The topological polar surface area (TPSA) is 34.1 Å². The first kappa shape index (κ1) is 22.6. The molecule has 0 bridgehead atoms. The minimum atomic E-state index is 0. The fourth-order valence-electron chi connectivity index (χ4n) is 0. The summed E-state index contributed by atoms with van der Waals surface area (Å²) >= 11 is 3.24. The molecule has 0 atom stereocenters. The zero-order valence-corrected chi connectivity index (χ0v) is 14.0. The van der Waals surface area contributed by atoms with Gasteiger partial charge in [-0.25, -0.2) is 0 Å². The van der Waals surface area contributed by atoms with Crippen LogP contribution in [0, 0.1) is 0 Å². The van der Waals surface area contributed by atoms with Crippen molar-refractivity contribution in [2.24, 2.45) is 0 Å². The van der Waals surface area contributed by atoms with Gasteiger partial charge in [0.15, 0.2) is 0 Å². The normalized spacial score (nSPS) is 1.67. The summed E-state index contributed by atoms with van der Waals surface area (Å²) in [6.45, 7) is 0. The van der Waals surface area contributed by atoms with Crippen LogP contribution in [0.3, 0.4) is 0 Å². The summed E-state index contributed by atoms with van der Waals surface area (Å²) in [6.07, 6.45) is 0. The van der Waals surface area contributed by atoms with Crippen LogP contribution in [0.5, 0.6) is 0 Å². The Hall–Kier alpha value is 3.59. The van der Waals surface area contributed by atoms with Gasteiger partial charge in [0.25, 0.3) is 0 Å². The fourth-order valence-corrected chi connectivity index (χ4v) is 0. The van der Waals surface area contributed by atoms with Gasteiger partial charge in [-0.05, 0) is 0 Å². The van der Waals surface area contributed by atoms with Gasteiger partial charge >= 0.3 is 94.2 Å². The maximum Gasteiger partial charge on any atom is 0 e. The number of rotatable bonds is 0. The standard InChI is InChI=1S/Ba.Cu.2O.Sn.Y.2H/q+2;;;;;;2*-1. The van der Waals surface area contributed by atoms with E-state index in [2.05, 4.69) is 15.9 Å². The van der Waals surface area contributed by atoms with Crippen molar-refractivity contribution in [3.63, 3.8) is 0 Å². The van der Waals surface area contributed by atoms with Crippen LogP contribution >= 0.6 is 0 Å². The second-order valence-electron chi connectivity index (χ2n) is 0. The van der Waals surface area contributed by atoms with Crippen LogP contribution < -0.4 is 0 Å². The first-order valence-corrected chi connectivity index (χ1v) is 1.88. The van der Waals surface area contributed by atoms with E-state index in [0.29, 0.717) is 22.5 Å². The average Bonchev–Trinajstić information content (AvgIpc) is 1.50.